The van der Waals surface area contributed by atoms with Crippen molar-refractivity contribution >= 4 is 11.4 Å². The minimum atomic E-state index is 0.152. The molecule has 5 unspecified atom stereocenters. The summed E-state index contributed by atoms with van der Waals surface area (Å²) in [6.45, 7) is 0. The number of allylic oxidation sites excluding steroid dienone is 3. The summed E-state index contributed by atoms with van der Waals surface area (Å²) in [5.41, 5.74) is 26.8. The van der Waals surface area contributed by atoms with Crippen molar-refractivity contribution in [1.29, 1.82) is 0 Å². The summed E-state index contributed by atoms with van der Waals surface area (Å²) in [5.74, 6) is 1.90. The molecule has 0 bridgehead atoms. The molecule has 1 saturated carbocycles. The summed E-state index contributed by atoms with van der Waals surface area (Å²) < 4.78 is 0. The molecule has 2 aromatic rings. The molecule has 0 aromatic heterocycles. The Labute approximate surface area is 140 Å². The molecule has 3 nitrogen and oxygen atoms in total. The highest BCUT2D eigenvalue weighted by Crippen LogP contribution is 2.80. The molecule has 0 radical (unpaired) electrons. The van der Waals surface area contributed by atoms with Gasteiger partial charge in [0, 0.05) is 34.3 Å². The summed E-state index contributed by atoms with van der Waals surface area (Å²) in [5, 5.41) is 0. The first kappa shape index (κ1) is 12.7. The molecule has 0 aliphatic heterocycles. The zero-order valence-corrected chi connectivity index (χ0v) is 13.2. The first-order chi connectivity index (χ1) is 11.6. The number of anilines is 2. The molecule has 0 saturated heterocycles. The molecular weight excluding hydrogens is 294 g/mol. The van der Waals surface area contributed by atoms with E-state index in [4.69, 9.17) is 17.2 Å². The van der Waals surface area contributed by atoms with Crippen molar-refractivity contribution in [3.05, 3.63) is 82.6 Å². The highest BCUT2D eigenvalue weighted by atomic mass is 14.8. The maximum Gasteiger partial charge on any atom is 0.0317 e. The highest BCUT2D eigenvalue weighted by molar-refractivity contribution is 5.73. The van der Waals surface area contributed by atoms with E-state index in [1.807, 2.05) is 12.1 Å². The van der Waals surface area contributed by atoms with E-state index in [1.165, 1.54) is 22.3 Å². The number of benzene rings is 2. The molecule has 1 fully saturated rings. The SMILES string of the molecule is NC1=CC2C(C=C1)C13c4cc(N)ccc4C1c1ccc(N)cc1C23. The minimum Gasteiger partial charge on any atom is -0.399 e. The van der Waals surface area contributed by atoms with Crippen molar-refractivity contribution in [2.75, 3.05) is 11.5 Å². The van der Waals surface area contributed by atoms with E-state index in [9.17, 15) is 0 Å². The summed E-state index contributed by atoms with van der Waals surface area (Å²) in [4.78, 5) is 0. The Morgan fingerprint density at radius 1 is 0.833 bits per heavy atom. The molecule has 2 aromatic carbocycles. The number of fused-ring (bicyclic) bond motifs is 7. The van der Waals surface area contributed by atoms with Crippen LogP contribution in [0.15, 0.2) is 60.3 Å². The van der Waals surface area contributed by atoms with Gasteiger partial charge in [0.2, 0.25) is 0 Å². The van der Waals surface area contributed by atoms with Crippen molar-refractivity contribution in [2.24, 2.45) is 17.6 Å². The van der Waals surface area contributed by atoms with Crippen molar-refractivity contribution < 1.29 is 0 Å². The smallest absolute Gasteiger partial charge is 0.0317 e. The predicted molar refractivity (Wildman–Crippen MR) is 96.4 cm³/mol. The van der Waals surface area contributed by atoms with Gasteiger partial charge >= 0.3 is 0 Å². The molecule has 1 spiro atoms. The van der Waals surface area contributed by atoms with Crippen LogP contribution in [0.2, 0.25) is 0 Å². The normalized spacial score (nSPS) is 36.2. The average molecular weight is 313 g/mol. The summed E-state index contributed by atoms with van der Waals surface area (Å²) in [6.07, 6.45) is 6.65. The zero-order valence-electron chi connectivity index (χ0n) is 13.2. The standard InChI is InChI=1S/C21H19N3/c22-10-1-4-13-15(7-10)20-16-8-11(23)3-6-17(16)21(20)18-9-12(24)2-5-14(18)19(13)21/h1-9,16-17,19-20H,22-24H2. The van der Waals surface area contributed by atoms with Gasteiger partial charge in [0.05, 0.1) is 0 Å². The third-order valence-electron chi connectivity index (χ3n) is 6.84. The largest absolute Gasteiger partial charge is 0.399 e. The molecule has 6 rings (SSSR count). The van der Waals surface area contributed by atoms with Gasteiger partial charge in [0.25, 0.3) is 0 Å². The van der Waals surface area contributed by atoms with E-state index in [-0.39, 0.29) is 5.41 Å². The fourth-order valence-electron chi connectivity index (χ4n) is 6.18. The third-order valence-corrected chi connectivity index (χ3v) is 6.84. The van der Waals surface area contributed by atoms with E-state index in [1.54, 1.807) is 0 Å². The van der Waals surface area contributed by atoms with Crippen LogP contribution in [0.1, 0.15) is 34.1 Å². The number of hydrogen-bond donors (Lipinski definition) is 3. The fourth-order valence-corrected chi connectivity index (χ4v) is 6.18. The lowest BCUT2D eigenvalue weighted by Crippen LogP contribution is -2.62. The Morgan fingerprint density at radius 3 is 2.42 bits per heavy atom. The fraction of sp³-hybridized carbons (Fsp3) is 0.238. The van der Waals surface area contributed by atoms with Crippen molar-refractivity contribution in [3.8, 4) is 0 Å². The van der Waals surface area contributed by atoms with E-state index in [0.29, 0.717) is 23.7 Å². The second kappa shape index (κ2) is 3.69. The van der Waals surface area contributed by atoms with Crippen molar-refractivity contribution in [3.63, 3.8) is 0 Å². The monoisotopic (exact) mass is 313 g/mol. The second-order valence-corrected chi connectivity index (χ2v) is 7.71. The van der Waals surface area contributed by atoms with Gasteiger partial charge in [-0.1, -0.05) is 24.3 Å². The van der Waals surface area contributed by atoms with Gasteiger partial charge in [-0.15, -0.1) is 0 Å². The molecule has 6 N–H and O–H groups in total. The first-order valence-electron chi connectivity index (χ1n) is 8.57. The Morgan fingerprint density at radius 2 is 1.58 bits per heavy atom. The van der Waals surface area contributed by atoms with E-state index >= 15 is 0 Å². The second-order valence-electron chi connectivity index (χ2n) is 7.71. The van der Waals surface area contributed by atoms with Crippen LogP contribution in [0.4, 0.5) is 11.4 Å². The lowest BCUT2D eigenvalue weighted by atomic mass is 9.36. The van der Waals surface area contributed by atoms with Crippen LogP contribution in [-0.4, -0.2) is 0 Å². The third kappa shape index (κ3) is 1.11. The van der Waals surface area contributed by atoms with Crippen molar-refractivity contribution in [2.45, 2.75) is 17.3 Å². The summed E-state index contributed by atoms with van der Waals surface area (Å²) in [7, 11) is 0. The summed E-state index contributed by atoms with van der Waals surface area (Å²) >= 11 is 0. The van der Waals surface area contributed by atoms with Crippen molar-refractivity contribution in [1.82, 2.24) is 0 Å². The quantitative estimate of drug-likeness (QED) is 0.654. The molecular formula is C21H19N3. The van der Waals surface area contributed by atoms with Gasteiger partial charge in [-0.25, -0.2) is 0 Å². The maximum atomic E-state index is 6.12. The van der Waals surface area contributed by atoms with Crippen LogP contribution in [0.5, 0.6) is 0 Å². The molecule has 0 heterocycles. The van der Waals surface area contributed by atoms with Crippen LogP contribution in [0, 0.1) is 11.8 Å². The summed E-state index contributed by atoms with van der Waals surface area (Å²) in [6, 6.07) is 12.9. The van der Waals surface area contributed by atoms with Gasteiger partial charge in [-0.2, -0.15) is 0 Å². The average Bonchev–Trinajstić information content (AvgIpc) is 2.74. The van der Waals surface area contributed by atoms with E-state index in [2.05, 4.69) is 42.5 Å². The maximum absolute atomic E-state index is 6.12. The Hall–Kier alpha value is -2.68. The van der Waals surface area contributed by atoms with E-state index < -0.39 is 0 Å². The van der Waals surface area contributed by atoms with Crippen LogP contribution in [-0.2, 0) is 5.41 Å². The lowest BCUT2D eigenvalue weighted by molar-refractivity contribution is 0.0355. The zero-order chi connectivity index (χ0) is 16.2. The van der Waals surface area contributed by atoms with Crippen LogP contribution < -0.4 is 17.2 Å². The van der Waals surface area contributed by atoms with E-state index in [0.717, 1.165) is 17.1 Å². The van der Waals surface area contributed by atoms with Crippen LogP contribution in [0.25, 0.3) is 0 Å². The Balaban J connectivity index is 1.65. The molecule has 4 aliphatic rings. The first-order valence-corrected chi connectivity index (χ1v) is 8.57. The highest BCUT2D eigenvalue weighted by Gasteiger charge is 2.74. The minimum absolute atomic E-state index is 0.152. The molecule has 24 heavy (non-hydrogen) atoms. The Bertz CT molecular complexity index is 987. The van der Waals surface area contributed by atoms with Gasteiger partial charge in [0.15, 0.2) is 0 Å². The van der Waals surface area contributed by atoms with Gasteiger partial charge in [-0.3, -0.25) is 0 Å². The van der Waals surface area contributed by atoms with Crippen LogP contribution >= 0.6 is 0 Å². The lowest BCUT2D eigenvalue weighted by Gasteiger charge is -2.66. The van der Waals surface area contributed by atoms with Gasteiger partial charge in [0.1, 0.15) is 0 Å². The van der Waals surface area contributed by atoms with Crippen LogP contribution in [0.3, 0.4) is 0 Å². The number of hydrogen-bond acceptors (Lipinski definition) is 3. The topological polar surface area (TPSA) is 78.1 Å². The van der Waals surface area contributed by atoms with Gasteiger partial charge in [-0.05, 0) is 64.4 Å². The Kier molecular flexibility index (Phi) is 1.96. The molecule has 3 heteroatoms. The predicted octanol–water partition coefficient (Wildman–Crippen LogP) is 2.99. The molecule has 0 amide bonds. The van der Waals surface area contributed by atoms with Gasteiger partial charge < -0.3 is 17.2 Å². The molecule has 5 atom stereocenters. The molecule has 4 aliphatic carbocycles. The number of nitrogens with two attached hydrogens (primary N) is 3. The number of rotatable bonds is 0. The number of nitrogen functional groups attached to an aromatic ring is 2. The molecule has 118 valence electrons.